The number of ether oxygens (including phenoxy) is 1. The Kier molecular flexibility index (Phi) is 7.81. The number of unbranched alkanes of at least 4 members (excludes halogenated alkanes) is 1. The van der Waals surface area contributed by atoms with Crippen LogP contribution in [0.5, 0.6) is 0 Å². The number of hydrogen-bond acceptors (Lipinski definition) is 7. The Bertz CT molecular complexity index is 899. The molecule has 5 N–H and O–H groups in total. The molecule has 0 amide bonds. The van der Waals surface area contributed by atoms with Gasteiger partial charge in [-0.25, -0.2) is 0 Å². The Morgan fingerprint density at radius 2 is 1.86 bits per heavy atom. The van der Waals surface area contributed by atoms with E-state index in [1.807, 2.05) is 4.90 Å². The van der Waals surface area contributed by atoms with E-state index in [9.17, 15) is 28.5 Å². The highest BCUT2D eigenvalue weighted by atomic mass is 19.4. The summed E-state index contributed by atoms with van der Waals surface area (Å²) in [6.45, 7) is 8.52. The minimum atomic E-state index is -4.49. The van der Waals surface area contributed by atoms with Gasteiger partial charge in [-0.15, -0.1) is 0 Å². The smallest absolute Gasteiger partial charge is 0.386 e. The van der Waals surface area contributed by atoms with Crippen molar-refractivity contribution in [1.29, 1.82) is 0 Å². The average Bonchev–Trinajstić information content (AvgIpc) is 3.35. The maximum Gasteiger partial charge on any atom is 0.416 e. The molecule has 3 saturated heterocycles. The minimum Gasteiger partial charge on any atom is -0.386 e. The first-order chi connectivity index (χ1) is 16.8. The maximum absolute atomic E-state index is 13.0. The zero-order valence-corrected chi connectivity index (χ0v) is 21.4. The van der Waals surface area contributed by atoms with E-state index in [4.69, 9.17) is 4.74 Å². The van der Waals surface area contributed by atoms with Gasteiger partial charge in [0.25, 0.3) is 0 Å². The summed E-state index contributed by atoms with van der Waals surface area (Å²) < 4.78 is 45.0. The summed E-state index contributed by atoms with van der Waals surface area (Å²) in [6, 6.07) is 4.38. The summed E-state index contributed by atoms with van der Waals surface area (Å²) in [5.41, 5.74) is -2.71. The number of aliphatic hydroxyl groups excluding tert-OH is 2. The molecular weight excluding hydrogens is 475 g/mol. The lowest BCUT2D eigenvalue weighted by Crippen LogP contribution is -2.72. The molecule has 3 aliphatic rings. The van der Waals surface area contributed by atoms with Crippen LogP contribution in [-0.4, -0.2) is 68.7 Å². The lowest BCUT2D eigenvalue weighted by Gasteiger charge is -2.50. The maximum atomic E-state index is 13.0. The van der Waals surface area contributed by atoms with Gasteiger partial charge in [-0.3, -0.25) is 15.5 Å². The Hall–Kier alpha value is -1.27. The Morgan fingerprint density at radius 3 is 2.44 bits per heavy atom. The van der Waals surface area contributed by atoms with Gasteiger partial charge in [-0.1, -0.05) is 38.8 Å². The summed E-state index contributed by atoms with van der Waals surface area (Å²) in [7, 11) is 0. The van der Waals surface area contributed by atoms with Crippen LogP contribution < -0.4 is 10.6 Å². The van der Waals surface area contributed by atoms with Crippen LogP contribution in [0, 0.1) is 5.92 Å². The first kappa shape index (κ1) is 27.8. The molecule has 3 fully saturated rings. The molecule has 7 nitrogen and oxygen atoms in total. The molecule has 9 atom stereocenters. The van der Waals surface area contributed by atoms with E-state index in [1.54, 1.807) is 0 Å². The van der Waals surface area contributed by atoms with Crippen molar-refractivity contribution in [3.63, 3.8) is 0 Å². The molecule has 4 unspecified atom stereocenters. The fourth-order valence-corrected chi connectivity index (χ4v) is 6.23. The van der Waals surface area contributed by atoms with Crippen molar-refractivity contribution in [2.75, 3.05) is 6.54 Å². The molecule has 3 aliphatic heterocycles. The van der Waals surface area contributed by atoms with E-state index in [-0.39, 0.29) is 29.4 Å². The zero-order valence-electron chi connectivity index (χ0n) is 21.4. The number of fused-ring (bicyclic) bond motifs is 1. The second kappa shape index (κ2) is 10.1. The molecule has 0 aliphatic carbocycles. The minimum absolute atomic E-state index is 0.0875. The predicted octanol–water partition coefficient (Wildman–Crippen LogP) is 3.10. The van der Waals surface area contributed by atoms with Crippen LogP contribution in [0.1, 0.15) is 77.0 Å². The van der Waals surface area contributed by atoms with Crippen molar-refractivity contribution in [2.45, 2.75) is 114 Å². The molecule has 204 valence electrons. The van der Waals surface area contributed by atoms with E-state index in [2.05, 4.69) is 31.4 Å². The number of hydrogen-bond donors (Lipinski definition) is 5. The third kappa shape index (κ3) is 4.93. The van der Waals surface area contributed by atoms with Crippen LogP contribution >= 0.6 is 0 Å². The van der Waals surface area contributed by atoms with Gasteiger partial charge in [-0.05, 0) is 50.8 Å². The van der Waals surface area contributed by atoms with E-state index < -0.39 is 41.9 Å². The largest absolute Gasteiger partial charge is 0.416 e. The molecule has 1 aromatic carbocycles. The standard InChI is InChI=1S/C26H40F3N3O4/c1-5-7-13-25(6-2)30-15(3)18-12-14-32(22(18)31-25)23-20(34)24(4,35)21(36-23)19(33)16-8-10-17(11-9-16)26(27,28)29/h8-11,15,18-23,30-31,33-35H,5-7,12-14H2,1-4H3/t15?,18?,19-,20+,21-,22?,23-,24+,25?/m1/s1. The molecular formula is C26H40F3N3O4. The van der Waals surface area contributed by atoms with E-state index >= 15 is 0 Å². The summed E-state index contributed by atoms with van der Waals surface area (Å²) >= 11 is 0. The average molecular weight is 516 g/mol. The van der Waals surface area contributed by atoms with Crippen molar-refractivity contribution in [3.8, 4) is 0 Å². The fraction of sp³-hybridized carbons (Fsp3) is 0.769. The van der Waals surface area contributed by atoms with E-state index in [0.29, 0.717) is 6.54 Å². The Labute approximate surface area is 211 Å². The molecule has 4 rings (SSSR count). The normalized spacial score (nSPS) is 40.4. The van der Waals surface area contributed by atoms with Crippen LogP contribution in [0.15, 0.2) is 24.3 Å². The highest BCUT2D eigenvalue weighted by Crippen LogP contribution is 2.43. The summed E-state index contributed by atoms with van der Waals surface area (Å²) in [5, 5.41) is 40.9. The first-order valence-electron chi connectivity index (χ1n) is 13.1. The van der Waals surface area contributed by atoms with E-state index in [0.717, 1.165) is 44.2 Å². The van der Waals surface area contributed by atoms with Crippen LogP contribution in [0.2, 0.25) is 0 Å². The van der Waals surface area contributed by atoms with Crippen molar-refractivity contribution < 1.29 is 33.2 Å². The van der Waals surface area contributed by atoms with Gasteiger partial charge in [0.05, 0.1) is 17.4 Å². The number of likely N-dealkylation sites (tertiary alicyclic amines) is 1. The van der Waals surface area contributed by atoms with Crippen molar-refractivity contribution in [2.24, 2.45) is 5.92 Å². The van der Waals surface area contributed by atoms with Gasteiger partial charge in [0.2, 0.25) is 0 Å². The molecule has 0 spiro atoms. The number of halogens is 3. The first-order valence-corrected chi connectivity index (χ1v) is 13.1. The summed E-state index contributed by atoms with van der Waals surface area (Å²) in [4.78, 5) is 2.04. The highest BCUT2D eigenvalue weighted by molar-refractivity contribution is 5.28. The topological polar surface area (TPSA) is 97.2 Å². The van der Waals surface area contributed by atoms with Gasteiger partial charge in [0, 0.05) is 18.5 Å². The Balaban J connectivity index is 1.55. The van der Waals surface area contributed by atoms with Crippen LogP contribution in [0.4, 0.5) is 13.2 Å². The summed E-state index contributed by atoms with van der Waals surface area (Å²) in [6.07, 6.45) is -4.54. The number of nitrogens with one attached hydrogen (secondary N) is 2. The van der Waals surface area contributed by atoms with Gasteiger partial charge >= 0.3 is 6.18 Å². The number of nitrogens with zero attached hydrogens (tertiary/aromatic N) is 1. The van der Waals surface area contributed by atoms with Gasteiger partial charge in [0.15, 0.2) is 0 Å². The molecule has 0 saturated carbocycles. The lowest BCUT2D eigenvalue weighted by atomic mass is 9.86. The third-order valence-corrected chi connectivity index (χ3v) is 8.54. The molecule has 10 heteroatoms. The predicted molar refractivity (Wildman–Crippen MR) is 129 cm³/mol. The van der Waals surface area contributed by atoms with Crippen LogP contribution in [0.3, 0.4) is 0 Å². The monoisotopic (exact) mass is 515 g/mol. The van der Waals surface area contributed by atoms with E-state index in [1.165, 1.54) is 19.1 Å². The van der Waals surface area contributed by atoms with Gasteiger partial charge in [0.1, 0.15) is 30.1 Å². The van der Waals surface area contributed by atoms with Gasteiger partial charge in [-0.2, -0.15) is 13.2 Å². The van der Waals surface area contributed by atoms with Crippen molar-refractivity contribution >= 4 is 0 Å². The Morgan fingerprint density at radius 1 is 1.19 bits per heavy atom. The molecule has 1 aromatic rings. The second-order valence-corrected chi connectivity index (χ2v) is 10.9. The van der Waals surface area contributed by atoms with Crippen LogP contribution in [-0.2, 0) is 10.9 Å². The SMILES string of the molecule is CCCCC1(CC)NC(C)C2CCN([C@@H]3O[C@H]([C@H](O)c4ccc(C(F)(F)F)cc4)[C@@](C)(O)[C@H]3O)C2N1. The molecule has 0 aromatic heterocycles. The number of benzene rings is 1. The fourth-order valence-electron chi connectivity index (χ4n) is 6.23. The quantitative estimate of drug-likeness (QED) is 0.381. The van der Waals surface area contributed by atoms with Crippen molar-refractivity contribution in [3.05, 3.63) is 35.4 Å². The number of alkyl halides is 3. The molecule has 0 radical (unpaired) electrons. The van der Waals surface area contributed by atoms with Crippen LogP contribution in [0.25, 0.3) is 0 Å². The third-order valence-electron chi connectivity index (χ3n) is 8.54. The number of rotatable bonds is 7. The summed E-state index contributed by atoms with van der Waals surface area (Å²) in [5.74, 6) is 0.269. The van der Waals surface area contributed by atoms with Gasteiger partial charge < -0.3 is 20.1 Å². The van der Waals surface area contributed by atoms with Crippen molar-refractivity contribution in [1.82, 2.24) is 15.5 Å². The molecule has 36 heavy (non-hydrogen) atoms. The molecule has 0 bridgehead atoms. The lowest BCUT2D eigenvalue weighted by molar-refractivity contribution is -0.139. The number of aliphatic hydroxyl groups is 3. The molecule has 3 heterocycles. The highest BCUT2D eigenvalue weighted by Gasteiger charge is 2.60. The second-order valence-electron chi connectivity index (χ2n) is 10.9. The zero-order chi connectivity index (χ0) is 26.5.